The molecule has 1 aromatic heterocycles. The van der Waals surface area contributed by atoms with E-state index in [-0.39, 0.29) is 10.8 Å². The van der Waals surface area contributed by atoms with Crippen molar-refractivity contribution in [1.82, 2.24) is 4.31 Å². The molecule has 17 heavy (non-hydrogen) atoms. The van der Waals surface area contributed by atoms with E-state index in [1.54, 1.807) is 13.0 Å². The Labute approximate surface area is 113 Å². The number of sulfonamides is 1. The molecule has 0 aliphatic carbocycles. The second-order valence-corrected chi connectivity index (χ2v) is 8.00. The highest BCUT2D eigenvalue weighted by atomic mass is 79.9. The summed E-state index contributed by atoms with van der Waals surface area (Å²) in [5, 5.41) is 0. The predicted molar refractivity (Wildman–Crippen MR) is 68.6 cm³/mol. The molecule has 1 heterocycles. The lowest BCUT2D eigenvalue weighted by molar-refractivity contribution is -0.140. The van der Waals surface area contributed by atoms with Gasteiger partial charge in [0.2, 0.25) is 0 Å². The van der Waals surface area contributed by atoms with Crippen LogP contribution in [0.1, 0.15) is 5.56 Å². The smallest absolute Gasteiger partial charge is 0.321 e. The summed E-state index contributed by atoms with van der Waals surface area (Å²) in [6, 6.07) is 1.57. The monoisotopic (exact) mass is 341 g/mol. The van der Waals surface area contributed by atoms with Gasteiger partial charge in [-0.3, -0.25) is 4.79 Å². The number of hydrogen-bond acceptors (Lipinski definition) is 5. The summed E-state index contributed by atoms with van der Waals surface area (Å²) in [5.41, 5.74) is 0.847. The number of rotatable bonds is 4. The average Bonchev–Trinajstić information content (AvgIpc) is 2.59. The molecule has 0 fully saturated rings. The van der Waals surface area contributed by atoms with E-state index in [0.717, 1.165) is 25.0 Å². The predicted octanol–water partition coefficient (Wildman–Crippen LogP) is 1.61. The standard InChI is InChI=1S/C9H12BrNO4S2/c1-6-4-8(16-9(6)10)17(13,14)11(2)5-7(12)15-3/h4H,5H2,1-3H3. The number of nitrogens with zero attached hydrogens (tertiary/aromatic N) is 1. The molecular formula is C9H12BrNO4S2. The SMILES string of the molecule is COC(=O)CN(C)S(=O)(=O)c1cc(C)c(Br)s1. The summed E-state index contributed by atoms with van der Waals surface area (Å²) in [5.74, 6) is -0.594. The molecule has 0 saturated heterocycles. The molecule has 0 saturated carbocycles. The van der Waals surface area contributed by atoms with Gasteiger partial charge in [-0.2, -0.15) is 4.31 Å². The van der Waals surface area contributed by atoms with Gasteiger partial charge >= 0.3 is 5.97 Å². The zero-order chi connectivity index (χ0) is 13.2. The van der Waals surface area contributed by atoms with E-state index in [1.165, 1.54) is 14.2 Å². The topological polar surface area (TPSA) is 63.7 Å². The van der Waals surface area contributed by atoms with Crippen LogP contribution >= 0.6 is 27.3 Å². The number of likely N-dealkylation sites (N-methyl/N-ethyl adjacent to an activating group) is 1. The minimum Gasteiger partial charge on any atom is -0.468 e. The lowest BCUT2D eigenvalue weighted by atomic mass is 10.4. The van der Waals surface area contributed by atoms with E-state index in [2.05, 4.69) is 20.7 Å². The molecule has 96 valence electrons. The number of aryl methyl sites for hydroxylation is 1. The molecule has 0 atom stereocenters. The van der Waals surface area contributed by atoms with Gasteiger partial charge in [-0.05, 0) is 34.5 Å². The van der Waals surface area contributed by atoms with E-state index in [9.17, 15) is 13.2 Å². The Morgan fingerprint density at radius 1 is 1.59 bits per heavy atom. The Balaban J connectivity index is 2.99. The van der Waals surface area contributed by atoms with Gasteiger partial charge in [0.05, 0.1) is 10.9 Å². The van der Waals surface area contributed by atoms with Crippen LogP contribution in [0.15, 0.2) is 14.1 Å². The molecule has 0 unspecified atom stereocenters. The van der Waals surface area contributed by atoms with Crippen molar-refractivity contribution in [3.63, 3.8) is 0 Å². The number of ether oxygens (including phenoxy) is 1. The Morgan fingerprint density at radius 2 is 2.18 bits per heavy atom. The highest BCUT2D eigenvalue weighted by molar-refractivity contribution is 9.11. The molecule has 0 bridgehead atoms. The van der Waals surface area contributed by atoms with Crippen molar-refractivity contribution in [1.29, 1.82) is 0 Å². The van der Waals surface area contributed by atoms with Gasteiger partial charge in [0.1, 0.15) is 10.8 Å². The van der Waals surface area contributed by atoms with Crippen molar-refractivity contribution in [3.8, 4) is 0 Å². The summed E-state index contributed by atoms with van der Waals surface area (Å²) in [4.78, 5) is 11.0. The quantitative estimate of drug-likeness (QED) is 0.780. The first-order chi connectivity index (χ1) is 7.78. The molecular weight excluding hydrogens is 330 g/mol. The Morgan fingerprint density at radius 3 is 2.59 bits per heavy atom. The Hall–Kier alpha value is -0.440. The second kappa shape index (κ2) is 5.47. The normalized spacial score (nSPS) is 11.8. The van der Waals surface area contributed by atoms with Crippen LogP contribution in [0.25, 0.3) is 0 Å². The van der Waals surface area contributed by atoms with Gasteiger partial charge < -0.3 is 4.74 Å². The fraction of sp³-hybridized carbons (Fsp3) is 0.444. The molecule has 1 aromatic rings. The maximum absolute atomic E-state index is 12.1. The molecule has 0 spiro atoms. The second-order valence-electron chi connectivity index (χ2n) is 3.36. The van der Waals surface area contributed by atoms with Crippen LogP contribution in [0.3, 0.4) is 0 Å². The number of esters is 1. The third-order valence-corrected chi connectivity index (χ3v) is 6.47. The summed E-state index contributed by atoms with van der Waals surface area (Å²) in [7, 11) is -1.07. The van der Waals surface area contributed by atoms with Crippen molar-refractivity contribution < 1.29 is 17.9 Å². The van der Waals surface area contributed by atoms with Gasteiger partial charge in [-0.25, -0.2) is 8.42 Å². The summed E-state index contributed by atoms with van der Waals surface area (Å²) in [6.45, 7) is 1.51. The first-order valence-corrected chi connectivity index (χ1v) is 7.63. The molecule has 1 rings (SSSR count). The van der Waals surface area contributed by atoms with Crippen molar-refractivity contribution in [3.05, 3.63) is 15.4 Å². The zero-order valence-corrected chi connectivity index (χ0v) is 12.8. The minimum atomic E-state index is -3.62. The molecule has 0 aliphatic heterocycles. The molecule has 0 radical (unpaired) electrons. The number of carbonyl (C=O) groups excluding carboxylic acids is 1. The van der Waals surface area contributed by atoms with Gasteiger partial charge in [-0.15, -0.1) is 11.3 Å². The van der Waals surface area contributed by atoms with Crippen molar-refractivity contribution in [2.24, 2.45) is 0 Å². The molecule has 0 aliphatic rings. The molecule has 5 nitrogen and oxygen atoms in total. The maximum atomic E-state index is 12.1. The Bertz CT molecular complexity index is 504. The van der Waals surface area contributed by atoms with E-state index in [0.29, 0.717) is 0 Å². The molecule has 8 heteroatoms. The van der Waals surface area contributed by atoms with Crippen LogP contribution < -0.4 is 0 Å². The first kappa shape index (κ1) is 14.6. The molecule has 0 amide bonds. The zero-order valence-electron chi connectivity index (χ0n) is 9.56. The highest BCUT2D eigenvalue weighted by Gasteiger charge is 2.25. The number of halogens is 1. The largest absolute Gasteiger partial charge is 0.468 e. The average molecular weight is 342 g/mol. The number of methoxy groups -OCH3 is 1. The summed E-state index contributed by atoms with van der Waals surface area (Å²) >= 11 is 4.39. The van der Waals surface area contributed by atoms with Gasteiger partial charge in [0.25, 0.3) is 10.0 Å². The van der Waals surface area contributed by atoms with Crippen LogP contribution in [0.4, 0.5) is 0 Å². The van der Waals surface area contributed by atoms with Gasteiger partial charge in [0, 0.05) is 7.05 Å². The van der Waals surface area contributed by atoms with E-state index < -0.39 is 16.0 Å². The maximum Gasteiger partial charge on any atom is 0.321 e. The van der Waals surface area contributed by atoms with Crippen LogP contribution in [0.5, 0.6) is 0 Å². The number of hydrogen-bond donors (Lipinski definition) is 0. The van der Waals surface area contributed by atoms with Crippen molar-refractivity contribution in [2.45, 2.75) is 11.1 Å². The third-order valence-electron chi connectivity index (χ3n) is 2.08. The Kier molecular flexibility index (Phi) is 4.70. The third kappa shape index (κ3) is 3.27. The van der Waals surface area contributed by atoms with E-state index in [1.807, 2.05) is 0 Å². The van der Waals surface area contributed by atoms with Crippen LogP contribution in [0, 0.1) is 6.92 Å². The first-order valence-electron chi connectivity index (χ1n) is 4.58. The fourth-order valence-corrected chi connectivity index (χ4v) is 4.60. The number of carbonyl (C=O) groups is 1. The summed E-state index contributed by atoms with van der Waals surface area (Å²) in [6.07, 6.45) is 0. The molecule has 0 N–H and O–H groups in total. The molecule has 0 aromatic carbocycles. The van der Waals surface area contributed by atoms with Crippen LogP contribution in [0.2, 0.25) is 0 Å². The van der Waals surface area contributed by atoms with E-state index in [4.69, 9.17) is 0 Å². The number of thiophene rings is 1. The van der Waals surface area contributed by atoms with Gasteiger partial charge in [0.15, 0.2) is 0 Å². The minimum absolute atomic E-state index is 0.202. The van der Waals surface area contributed by atoms with Crippen LogP contribution in [-0.4, -0.2) is 39.4 Å². The lowest BCUT2D eigenvalue weighted by Gasteiger charge is -2.14. The lowest BCUT2D eigenvalue weighted by Crippen LogP contribution is -2.32. The van der Waals surface area contributed by atoms with Crippen LogP contribution in [-0.2, 0) is 19.6 Å². The fourth-order valence-electron chi connectivity index (χ4n) is 1.04. The van der Waals surface area contributed by atoms with E-state index >= 15 is 0 Å². The van der Waals surface area contributed by atoms with Crippen molar-refractivity contribution >= 4 is 43.3 Å². The van der Waals surface area contributed by atoms with Gasteiger partial charge in [-0.1, -0.05) is 0 Å². The highest BCUT2D eigenvalue weighted by Crippen LogP contribution is 2.31. The van der Waals surface area contributed by atoms with Crippen molar-refractivity contribution in [2.75, 3.05) is 20.7 Å². The summed E-state index contributed by atoms with van der Waals surface area (Å²) < 4.78 is 30.5.